The van der Waals surface area contributed by atoms with E-state index in [1.54, 1.807) is 12.1 Å². The summed E-state index contributed by atoms with van der Waals surface area (Å²) in [6, 6.07) is 7.04. The second-order valence-electron chi connectivity index (χ2n) is 5.77. The van der Waals surface area contributed by atoms with Crippen molar-refractivity contribution in [1.82, 2.24) is 10.3 Å². The molecule has 0 unspecified atom stereocenters. The molecule has 2 aromatic rings. The number of ether oxygens (including phenoxy) is 1. The van der Waals surface area contributed by atoms with Gasteiger partial charge < -0.3 is 20.5 Å². The van der Waals surface area contributed by atoms with Crippen molar-refractivity contribution in [1.29, 1.82) is 0 Å². The van der Waals surface area contributed by atoms with Crippen LogP contribution >= 0.6 is 11.6 Å². The fourth-order valence-corrected chi connectivity index (χ4v) is 2.24. The number of carbonyl (C=O) groups is 2. The maximum atomic E-state index is 13.3. The Morgan fingerprint density at radius 3 is 2.71 bits per heavy atom. The van der Waals surface area contributed by atoms with Gasteiger partial charge in [0, 0.05) is 24.4 Å². The molecule has 1 heterocycles. The van der Waals surface area contributed by atoms with Gasteiger partial charge in [0.15, 0.2) is 6.61 Å². The lowest BCUT2D eigenvalue weighted by Crippen LogP contribution is -2.28. The number of hydrogen-bond donors (Lipinski definition) is 3. The zero-order chi connectivity index (χ0) is 20.5. The number of benzene rings is 1. The van der Waals surface area contributed by atoms with Crippen molar-refractivity contribution in [3.8, 4) is 5.75 Å². The monoisotopic (exact) mass is 407 g/mol. The third-order valence-electron chi connectivity index (χ3n) is 3.51. The Morgan fingerprint density at radius 1 is 1.21 bits per heavy atom. The third-order valence-corrected chi connectivity index (χ3v) is 3.81. The molecule has 0 fully saturated rings. The molecule has 0 radical (unpaired) electrons. The second-order valence-corrected chi connectivity index (χ2v) is 6.18. The van der Waals surface area contributed by atoms with Crippen LogP contribution in [0.1, 0.15) is 18.4 Å². The van der Waals surface area contributed by atoms with Crippen molar-refractivity contribution in [2.24, 2.45) is 0 Å². The van der Waals surface area contributed by atoms with Crippen molar-refractivity contribution in [3.05, 3.63) is 65.2 Å². The Bertz CT molecular complexity index is 876. The minimum atomic E-state index is -0.644. The predicted octanol–water partition coefficient (Wildman–Crippen LogP) is 2.79. The van der Waals surface area contributed by atoms with E-state index in [-0.39, 0.29) is 42.7 Å². The van der Waals surface area contributed by atoms with Gasteiger partial charge in [0.05, 0.1) is 11.6 Å². The second kappa shape index (κ2) is 10.4. The summed E-state index contributed by atoms with van der Waals surface area (Å²) in [6.45, 7) is 3.19. The van der Waals surface area contributed by atoms with E-state index >= 15 is 0 Å². The lowest BCUT2D eigenvalue weighted by atomic mass is 10.2. The Morgan fingerprint density at radius 2 is 2.00 bits per heavy atom. The van der Waals surface area contributed by atoms with E-state index in [9.17, 15) is 14.0 Å². The zero-order valence-corrected chi connectivity index (χ0v) is 15.6. The molecule has 1 aromatic carbocycles. The summed E-state index contributed by atoms with van der Waals surface area (Å²) >= 11 is 5.57. The summed E-state index contributed by atoms with van der Waals surface area (Å²) in [4.78, 5) is 27.7. The first-order valence-corrected chi connectivity index (χ1v) is 8.66. The van der Waals surface area contributed by atoms with E-state index < -0.39 is 11.7 Å². The van der Waals surface area contributed by atoms with Crippen LogP contribution in [-0.2, 0) is 16.2 Å². The molecule has 148 valence electrons. The number of aliphatic hydroxyl groups excluding tert-OH is 1. The predicted molar refractivity (Wildman–Crippen MR) is 102 cm³/mol. The number of pyridine rings is 1. The minimum absolute atomic E-state index is 0.0401. The highest BCUT2D eigenvalue weighted by molar-refractivity contribution is 6.30. The molecular weight excluding hydrogens is 389 g/mol. The summed E-state index contributed by atoms with van der Waals surface area (Å²) in [5, 5.41) is 14.1. The third kappa shape index (κ3) is 6.98. The SMILES string of the molecule is C=C(CCC(=O)Nc1cc(CO)ccn1)NC(=O)COc1ccc(Cl)c(F)c1. The fraction of sp³-hybridized carbons (Fsp3) is 0.211. The minimum Gasteiger partial charge on any atom is -0.484 e. The Labute approximate surface area is 166 Å². The van der Waals surface area contributed by atoms with Gasteiger partial charge in [0.1, 0.15) is 17.4 Å². The molecule has 3 N–H and O–H groups in total. The molecule has 0 aliphatic heterocycles. The fourth-order valence-electron chi connectivity index (χ4n) is 2.12. The molecule has 0 saturated heterocycles. The highest BCUT2D eigenvalue weighted by Crippen LogP contribution is 2.20. The Kier molecular flexibility index (Phi) is 7.91. The molecule has 0 spiro atoms. The normalized spacial score (nSPS) is 10.2. The van der Waals surface area contributed by atoms with Gasteiger partial charge in [-0.25, -0.2) is 9.37 Å². The number of halogens is 2. The molecule has 0 aliphatic rings. The van der Waals surface area contributed by atoms with E-state index in [0.29, 0.717) is 17.1 Å². The number of nitrogens with one attached hydrogen (secondary N) is 2. The smallest absolute Gasteiger partial charge is 0.262 e. The number of hydrogen-bond acceptors (Lipinski definition) is 5. The van der Waals surface area contributed by atoms with Gasteiger partial charge in [0.2, 0.25) is 5.91 Å². The first-order chi connectivity index (χ1) is 13.4. The number of aliphatic hydroxyl groups is 1. The summed E-state index contributed by atoms with van der Waals surface area (Å²) in [7, 11) is 0. The quantitative estimate of drug-likeness (QED) is 0.593. The number of anilines is 1. The molecule has 9 heteroatoms. The Hall–Kier alpha value is -2.97. The van der Waals surface area contributed by atoms with Crippen LogP contribution in [0.5, 0.6) is 5.75 Å². The molecule has 0 atom stereocenters. The average molecular weight is 408 g/mol. The van der Waals surface area contributed by atoms with Gasteiger partial charge in [-0.15, -0.1) is 0 Å². The van der Waals surface area contributed by atoms with E-state index in [2.05, 4.69) is 22.2 Å². The lowest BCUT2D eigenvalue weighted by molar-refractivity contribution is -0.122. The van der Waals surface area contributed by atoms with E-state index in [1.807, 2.05) is 0 Å². The Balaban J connectivity index is 1.71. The number of rotatable bonds is 9. The molecule has 7 nitrogen and oxygen atoms in total. The van der Waals surface area contributed by atoms with E-state index in [1.165, 1.54) is 18.3 Å². The maximum Gasteiger partial charge on any atom is 0.262 e. The summed E-state index contributed by atoms with van der Waals surface area (Å²) < 4.78 is 18.5. The van der Waals surface area contributed by atoms with Crippen molar-refractivity contribution in [2.45, 2.75) is 19.4 Å². The van der Waals surface area contributed by atoms with Crippen molar-refractivity contribution in [3.63, 3.8) is 0 Å². The van der Waals surface area contributed by atoms with Crippen molar-refractivity contribution in [2.75, 3.05) is 11.9 Å². The molecule has 1 aromatic heterocycles. The van der Waals surface area contributed by atoms with Gasteiger partial charge in [-0.1, -0.05) is 18.2 Å². The number of carbonyl (C=O) groups excluding carboxylic acids is 2. The summed E-state index contributed by atoms with van der Waals surface area (Å²) in [6.07, 6.45) is 1.77. The number of amides is 2. The van der Waals surface area contributed by atoms with Gasteiger partial charge >= 0.3 is 0 Å². The van der Waals surface area contributed by atoms with Crippen LogP contribution < -0.4 is 15.4 Å². The highest BCUT2D eigenvalue weighted by atomic mass is 35.5. The number of nitrogens with zero attached hydrogens (tertiary/aromatic N) is 1. The molecule has 0 bridgehead atoms. The van der Waals surface area contributed by atoms with Crippen LogP contribution in [-0.4, -0.2) is 28.5 Å². The molecule has 0 aliphatic carbocycles. The maximum absolute atomic E-state index is 13.3. The van der Waals surface area contributed by atoms with Gasteiger partial charge in [0.25, 0.3) is 5.91 Å². The zero-order valence-electron chi connectivity index (χ0n) is 14.9. The van der Waals surface area contributed by atoms with Crippen LogP contribution in [0.2, 0.25) is 5.02 Å². The molecule has 2 rings (SSSR count). The number of aromatic nitrogens is 1. The van der Waals surface area contributed by atoms with Crippen LogP contribution in [0, 0.1) is 5.82 Å². The highest BCUT2D eigenvalue weighted by Gasteiger charge is 2.09. The van der Waals surface area contributed by atoms with Gasteiger partial charge in [-0.2, -0.15) is 0 Å². The largest absolute Gasteiger partial charge is 0.484 e. The lowest BCUT2D eigenvalue weighted by Gasteiger charge is -2.10. The summed E-state index contributed by atoms with van der Waals surface area (Å²) in [5.41, 5.74) is 0.964. The molecule has 2 amide bonds. The van der Waals surface area contributed by atoms with Crippen molar-refractivity contribution < 1.29 is 23.8 Å². The van der Waals surface area contributed by atoms with E-state index in [0.717, 1.165) is 6.07 Å². The van der Waals surface area contributed by atoms with Crippen LogP contribution in [0.15, 0.2) is 48.8 Å². The first kappa shape index (κ1) is 21.3. The van der Waals surface area contributed by atoms with Gasteiger partial charge in [-0.05, 0) is 36.2 Å². The standard InChI is InChI=1S/C19H19ClFN3O4/c1-12(2-5-18(26)24-17-8-13(10-25)6-7-22-17)23-19(27)11-28-14-3-4-15(20)16(21)9-14/h3-4,6-9,25H,1-2,5,10-11H2,(H,23,27)(H,22,24,26). The average Bonchev–Trinajstić information content (AvgIpc) is 2.67. The number of allylic oxidation sites excluding steroid dienone is 1. The van der Waals surface area contributed by atoms with Crippen molar-refractivity contribution >= 4 is 29.2 Å². The topological polar surface area (TPSA) is 101 Å². The molecule has 0 saturated carbocycles. The van der Waals surface area contributed by atoms with Crippen LogP contribution in [0.25, 0.3) is 0 Å². The first-order valence-electron chi connectivity index (χ1n) is 8.28. The summed E-state index contributed by atoms with van der Waals surface area (Å²) in [5.74, 6) is -0.951. The molecular formula is C19H19ClFN3O4. The van der Waals surface area contributed by atoms with Crippen LogP contribution in [0.3, 0.4) is 0 Å². The van der Waals surface area contributed by atoms with Gasteiger partial charge in [-0.3, -0.25) is 9.59 Å². The van der Waals surface area contributed by atoms with Crippen LogP contribution in [0.4, 0.5) is 10.2 Å². The molecule has 28 heavy (non-hydrogen) atoms. The van der Waals surface area contributed by atoms with E-state index in [4.69, 9.17) is 21.4 Å².